The molecule has 2 aromatic heterocycles. The van der Waals surface area contributed by atoms with Gasteiger partial charge < -0.3 is 4.57 Å². The smallest absolute Gasteiger partial charge is 0.244 e. The van der Waals surface area contributed by atoms with Crippen LogP contribution in [-0.2, 0) is 17.1 Å². The van der Waals surface area contributed by atoms with Gasteiger partial charge in [0.25, 0.3) is 0 Å². The first-order valence-electron chi connectivity index (χ1n) is 8.76. The summed E-state index contributed by atoms with van der Waals surface area (Å²) in [6.45, 7) is 3.05. The highest BCUT2D eigenvalue weighted by molar-refractivity contribution is 7.89. The van der Waals surface area contributed by atoms with Crippen LogP contribution in [0.25, 0.3) is 22.0 Å². The van der Waals surface area contributed by atoms with Crippen molar-refractivity contribution in [3.05, 3.63) is 46.4 Å². The highest BCUT2D eigenvalue weighted by Gasteiger charge is 2.31. The van der Waals surface area contributed by atoms with Crippen LogP contribution in [0.4, 0.5) is 0 Å². The van der Waals surface area contributed by atoms with E-state index in [1.165, 1.54) is 11.3 Å². The number of benzene rings is 1. The average molecular weight is 422 g/mol. The van der Waals surface area contributed by atoms with Crippen LogP contribution in [0.3, 0.4) is 0 Å². The highest BCUT2D eigenvalue weighted by atomic mass is 35.5. The Morgan fingerprint density at radius 2 is 1.81 bits per heavy atom. The summed E-state index contributed by atoms with van der Waals surface area (Å²) in [6.07, 6.45) is 1.85. The lowest BCUT2D eigenvalue weighted by molar-refractivity contribution is 0.477. The van der Waals surface area contributed by atoms with E-state index in [1.807, 2.05) is 48.2 Å². The average Bonchev–Trinajstić information content (AvgIpc) is 3.38. The van der Waals surface area contributed by atoms with Crippen molar-refractivity contribution >= 4 is 33.0 Å². The van der Waals surface area contributed by atoms with Crippen molar-refractivity contribution in [2.24, 2.45) is 7.05 Å². The molecule has 0 saturated carbocycles. The molecule has 0 aliphatic carbocycles. The molecule has 0 bridgehead atoms. The number of hydrogen-bond acceptors (Lipinski definition) is 4. The van der Waals surface area contributed by atoms with Crippen molar-refractivity contribution in [1.29, 1.82) is 0 Å². The van der Waals surface area contributed by atoms with Crippen LogP contribution in [0.15, 0.2) is 40.6 Å². The lowest BCUT2D eigenvalue weighted by atomic mass is 10.2. The minimum absolute atomic E-state index is 0.380. The van der Waals surface area contributed by atoms with E-state index in [4.69, 9.17) is 16.6 Å². The first-order valence-corrected chi connectivity index (χ1v) is 11.5. The molecule has 1 aliphatic heterocycles. The summed E-state index contributed by atoms with van der Waals surface area (Å²) in [6, 6.07) is 9.29. The van der Waals surface area contributed by atoms with Crippen molar-refractivity contribution in [3.8, 4) is 22.0 Å². The van der Waals surface area contributed by atoms with Gasteiger partial charge in [-0.05, 0) is 38.0 Å². The number of rotatable bonds is 4. The predicted molar refractivity (Wildman–Crippen MR) is 110 cm³/mol. The topological polar surface area (TPSA) is 55.2 Å². The van der Waals surface area contributed by atoms with Gasteiger partial charge in [-0.25, -0.2) is 13.4 Å². The largest absolute Gasteiger partial charge is 0.345 e. The van der Waals surface area contributed by atoms with Crippen molar-refractivity contribution in [2.45, 2.75) is 24.7 Å². The normalized spacial score (nSPS) is 15.5. The Hall–Kier alpha value is -1.67. The second-order valence-electron chi connectivity index (χ2n) is 6.69. The molecule has 1 saturated heterocycles. The second kappa shape index (κ2) is 7.05. The molecule has 8 heteroatoms. The third-order valence-electron chi connectivity index (χ3n) is 5.04. The first-order chi connectivity index (χ1) is 12.9. The summed E-state index contributed by atoms with van der Waals surface area (Å²) in [5.41, 5.74) is 3.39. The first kappa shape index (κ1) is 18.7. The summed E-state index contributed by atoms with van der Waals surface area (Å²) >= 11 is 7.46. The number of nitrogens with zero attached hydrogens (tertiary/aromatic N) is 3. The molecule has 0 unspecified atom stereocenters. The van der Waals surface area contributed by atoms with Crippen LogP contribution >= 0.6 is 22.9 Å². The van der Waals surface area contributed by atoms with E-state index >= 15 is 0 Å². The van der Waals surface area contributed by atoms with Gasteiger partial charge in [-0.2, -0.15) is 4.31 Å². The molecular weight excluding hydrogens is 402 g/mol. The number of sulfonamides is 1. The molecule has 0 radical (unpaired) electrons. The second-order valence-corrected chi connectivity index (χ2v) is 9.90. The van der Waals surface area contributed by atoms with E-state index in [0.29, 0.717) is 23.0 Å². The molecule has 3 heterocycles. The van der Waals surface area contributed by atoms with Gasteiger partial charge in [0.1, 0.15) is 9.90 Å². The number of thiazole rings is 1. The Kier molecular flexibility index (Phi) is 4.88. The minimum atomic E-state index is -3.45. The fourth-order valence-corrected chi connectivity index (χ4v) is 6.14. The zero-order valence-electron chi connectivity index (χ0n) is 15.1. The summed E-state index contributed by atoms with van der Waals surface area (Å²) in [5, 5.41) is 3.47. The van der Waals surface area contributed by atoms with Crippen molar-refractivity contribution in [3.63, 3.8) is 0 Å². The van der Waals surface area contributed by atoms with Crippen LogP contribution in [0.1, 0.15) is 18.5 Å². The molecule has 3 aromatic rings. The Balaban J connectivity index is 1.72. The Bertz CT molecular complexity index is 1080. The maximum Gasteiger partial charge on any atom is 0.244 e. The van der Waals surface area contributed by atoms with Gasteiger partial charge in [-0.1, -0.05) is 23.7 Å². The lowest BCUT2D eigenvalue weighted by Gasteiger charge is -2.15. The quantitative estimate of drug-likeness (QED) is 0.620. The summed E-state index contributed by atoms with van der Waals surface area (Å²) in [5.74, 6) is 0. The highest BCUT2D eigenvalue weighted by Crippen LogP contribution is 2.34. The molecule has 4 rings (SSSR count). The molecule has 5 nitrogen and oxygen atoms in total. The van der Waals surface area contributed by atoms with E-state index in [-0.39, 0.29) is 0 Å². The van der Waals surface area contributed by atoms with Crippen LogP contribution in [0, 0.1) is 6.92 Å². The molecule has 0 spiro atoms. The van der Waals surface area contributed by atoms with Gasteiger partial charge in [0.15, 0.2) is 0 Å². The van der Waals surface area contributed by atoms with E-state index in [2.05, 4.69) is 0 Å². The Labute approximate surface area is 168 Å². The lowest BCUT2D eigenvalue weighted by Crippen LogP contribution is -2.28. The molecule has 1 aromatic carbocycles. The summed E-state index contributed by atoms with van der Waals surface area (Å²) < 4.78 is 29.5. The molecule has 1 fully saturated rings. The Morgan fingerprint density at radius 1 is 1.15 bits per heavy atom. The fraction of sp³-hybridized carbons (Fsp3) is 0.316. The zero-order valence-corrected chi connectivity index (χ0v) is 17.5. The summed E-state index contributed by atoms with van der Waals surface area (Å²) in [7, 11) is -1.57. The van der Waals surface area contributed by atoms with E-state index in [9.17, 15) is 8.42 Å². The third kappa shape index (κ3) is 3.33. The van der Waals surface area contributed by atoms with Crippen molar-refractivity contribution in [1.82, 2.24) is 13.9 Å². The van der Waals surface area contributed by atoms with Gasteiger partial charge in [-0.3, -0.25) is 0 Å². The van der Waals surface area contributed by atoms with E-state index < -0.39 is 10.0 Å². The number of hydrogen-bond donors (Lipinski definition) is 0. The molecule has 1 aliphatic rings. The molecule has 0 amide bonds. The van der Waals surface area contributed by atoms with Crippen molar-refractivity contribution in [2.75, 3.05) is 13.1 Å². The zero-order chi connectivity index (χ0) is 19.2. The minimum Gasteiger partial charge on any atom is -0.345 e. The van der Waals surface area contributed by atoms with E-state index in [0.717, 1.165) is 40.5 Å². The van der Waals surface area contributed by atoms with Crippen LogP contribution < -0.4 is 0 Å². The van der Waals surface area contributed by atoms with E-state index in [1.54, 1.807) is 10.4 Å². The van der Waals surface area contributed by atoms with Crippen molar-refractivity contribution < 1.29 is 8.42 Å². The van der Waals surface area contributed by atoms with Gasteiger partial charge in [0.05, 0.1) is 11.4 Å². The monoisotopic (exact) mass is 421 g/mol. The van der Waals surface area contributed by atoms with Gasteiger partial charge in [0, 0.05) is 41.8 Å². The number of halogens is 1. The molecule has 0 N–H and O–H groups in total. The summed E-state index contributed by atoms with van der Waals surface area (Å²) in [4.78, 5) is 5.10. The van der Waals surface area contributed by atoms with Crippen LogP contribution in [0.5, 0.6) is 0 Å². The maximum absolute atomic E-state index is 13.0. The maximum atomic E-state index is 13.0. The van der Waals surface area contributed by atoms with Gasteiger partial charge in [-0.15, -0.1) is 11.3 Å². The Morgan fingerprint density at radius 3 is 2.48 bits per heavy atom. The third-order valence-corrected chi connectivity index (χ3v) is 8.17. The number of aromatic nitrogens is 2. The van der Waals surface area contributed by atoms with Crippen LogP contribution in [0.2, 0.25) is 5.02 Å². The molecule has 142 valence electrons. The standard InChI is InChI=1S/C19H20ClN3O2S2/c1-13-18(27(24,25)23-9-3-4-10-23)11-17(22(13)2)19-21-16(12-26-19)14-5-7-15(20)8-6-14/h5-8,11-12H,3-4,9-10H2,1-2H3. The van der Waals surface area contributed by atoms with Gasteiger partial charge in [0.2, 0.25) is 10.0 Å². The SMILES string of the molecule is Cc1c(S(=O)(=O)N2CCCC2)cc(-c2nc(-c3ccc(Cl)cc3)cs2)n1C. The molecule has 27 heavy (non-hydrogen) atoms. The van der Waals surface area contributed by atoms with Gasteiger partial charge >= 0.3 is 0 Å². The molecule has 0 atom stereocenters. The predicted octanol–water partition coefficient (Wildman–Crippen LogP) is 4.56. The van der Waals surface area contributed by atoms with Crippen LogP contribution in [-0.4, -0.2) is 35.4 Å². The molecular formula is C19H20ClN3O2S2. The fourth-order valence-electron chi connectivity index (χ4n) is 3.35.